The van der Waals surface area contributed by atoms with Gasteiger partial charge in [0.05, 0.1) is 0 Å². The van der Waals surface area contributed by atoms with Gasteiger partial charge in [0.25, 0.3) is 0 Å². The van der Waals surface area contributed by atoms with Crippen LogP contribution in [0.1, 0.15) is 0 Å². The molecule has 0 bridgehead atoms. The zero-order chi connectivity index (χ0) is 8.97. The highest BCUT2D eigenvalue weighted by Crippen LogP contribution is 1.91. The summed E-state index contributed by atoms with van der Waals surface area (Å²) in [6, 6.07) is 0. The van der Waals surface area contributed by atoms with Crippen LogP contribution in [0.25, 0.3) is 0 Å². The average molecular weight is 168 g/mol. The first-order valence-electron chi connectivity index (χ1n) is 4.55. The number of hydrogen-bond acceptors (Lipinski definition) is 4. The number of nitrogens with zero attached hydrogens (tertiary/aromatic N) is 3. The van der Waals surface area contributed by atoms with Crippen molar-refractivity contribution in [2.45, 2.75) is 0 Å². The predicted molar refractivity (Wildman–Crippen MR) is 56.0 cm³/mol. The van der Waals surface area contributed by atoms with Gasteiger partial charge < -0.3 is 9.62 Å². The smallest absolute Gasteiger partial charge is 0.185 e. The van der Waals surface area contributed by atoms with Crippen LogP contribution in [-0.2, 0) is 0 Å². The molecule has 0 aromatic heterocycles. The Morgan fingerprint density at radius 1 is 0.750 bits per heavy atom. The first kappa shape index (κ1) is 10.1. The van der Waals surface area contributed by atoms with Gasteiger partial charge in [-0.1, -0.05) is 0 Å². The molecule has 0 aromatic rings. The van der Waals surface area contributed by atoms with Crippen molar-refractivity contribution >= 4 is 16.0 Å². The van der Waals surface area contributed by atoms with Crippen LogP contribution in [0.3, 0.4) is 0 Å². The van der Waals surface area contributed by atoms with Crippen molar-refractivity contribution in [2.24, 2.45) is 5.84 Å². The Labute approximate surface area is 76.5 Å². The van der Waals surface area contributed by atoms with Crippen molar-refractivity contribution in [1.29, 1.82) is 0 Å². The standard InChI is InChI=1S/C6H18B2N4/c7-10-1-2-11(8)4-6-12(9)5-3-10/h1-9H2. The fraction of sp³-hybridized carbons (Fsp3) is 1.00. The van der Waals surface area contributed by atoms with E-state index in [2.05, 4.69) is 25.6 Å². The highest BCUT2D eigenvalue weighted by Gasteiger charge is 2.08. The molecule has 0 aliphatic carbocycles. The van der Waals surface area contributed by atoms with Gasteiger partial charge in [0, 0.05) is 26.2 Å². The summed E-state index contributed by atoms with van der Waals surface area (Å²) in [6.07, 6.45) is 0. The Morgan fingerprint density at radius 3 is 1.50 bits per heavy atom. The molecule has 0 radical (unpaired) electrons. The highest BCUT2D eigenvalue weighted by molar-refractivity contribution is 6.05. The average Bonchev–Trinajstić information content (AvgIpc) is 2.11. The van der Waals surface area contributed by atoms with Gasteiger partial charge in [-0.3, -0.25) is 5.84 Å². The third kappa shape index (κ3) is 3.58. The lowest BCUT2D eigenvalue weighted by atomic mass is 10.2. The molecule has 1 aliphatic rings. The van der Waals surface area contributed by atoms with Crippen molar-refractivity contribution < 1.29 is 0 Å². The molecule has 0 aromatic carbocycles. The van der Waals surface area contributed by atoms with Crippen LogP contribution >= 0.6 is 0 Å². The number of nitrogens with two attached hydrogens (primary N) is 1. The van der Waals surface area contributed by atoms with E-state index in [0.29, 0.717) is 0 Å². The summed E-state index contributed by atoms with van der Waals surface area (Å²) >= 11 is 0. The number of rotatable bonds is 0. The van der Waals surface area contributed by atoms with E-state index in [-0.39, 0.29) is 0 Å². The van der Waals surface area contributed by atoms with Gasteiger partial charge in [0.15, 0.2) is 16.0 Å². The maximum Gasteiger partial charge on any atom is 0.185 e. The molecule has 0 amide bonds. The lowest BCUT2D eigenvalue weighted by Gasteiger charge is -2.19. The predicted octanol–water partition coefficient (Wildman–Crippen LogP) is -3.12. The lowest BCUT2D eigenvalue weighted by Crippen LogP contribution is -2.40. The van der Waals surface area contributed by atoms with Crippen LogP contribution in [0.15, 0.2) is 0 Å². The molecule has 12 heavy (non-hydrogen) atoms. The Kier molecular flexibility index (Phi) is 4.08. The minimum atomic E-state index is 0.977. The number of hydrazine groups is 1. The van der Waals surface area contributed by atoms with Crippen LogP contribution in [0.4, 0.5) is 0 Å². The van der Waals surface area contributed by atoms with Gasteiger partial charge >= 0.3 is 0 Å². The number of hydrogen-bond donors (Lipinski definition) is 1. The second-order valence-electron chi connectivity index (χ2n) is 3.64. The van der Waals surface area contributed by atoms with Crippen LogP contribution in [-0.4, -0.2) is 69.9 Å². The van der Waals surface area contributed by atoms with Gasteiger partial charge in [-0.2, -0.15) is 0 Å². The summed E-state index contributed by atoms with van der Waals surface area (Å²) in [5.74, 6) is 5.78. The van der Waals surface area contributed by atoms with Crippen molar-refractivity contribution in [1.82, 2.24) is 14.6 Å². The second kappa shape index (κ2) is 4.87. The Morgan fingerprint density at radius 2 is 1.08 bits per heavy atom. The van der Waals surface area contributed by atoms with E-state index < -0.39 is 0 Å². The summed E-state index contributed by atoms with van der Waals surface area (Å²) in [7, 11) is 4.29. The first-order valence-corrected chi connectivity index (χ1v) is 4.55. The monoisotopic (exact) mass is 168 g/mol. The Hall–Kier alpha value is -0.0301. The topological polar surface area (TPSA) is 35.7 Å². The molecule has 1 fully saturated rings. The van der Waals surface area contributed by atoms with Crippen molar-refractivity contribution in [3.63, 3.8) is 0 Å². The van der Waals surface area contributed by atoms with E-state index in [1.54, 1.807) is 0 Å². The van der Waals surface area contributed by atoms with Gasteiger partial charge in [-0.25, -0.2) is 5.01 Å². The van der Waals surface area contributed by atoms with E-state index in [4.69, 9.17) is 5.84 Å². The minimum Gasteiger partial charge on any atom is -0.346 e. The molecule has 1 aliphatic heterocycles. The van der Waals surface area contributed by atoms with Crippen molar-refractivity contribution in [3.8, 4) is 0 Å². The second-order valence-corrected chi connectivity index (χ2v) is 3.64. The third-order valence-electron chi connectivity index (χ3n) is 2.40. The summed E-state index contributed by atoms with van der Waals surface area (Å²) in [5.41, 5.74) is 0. The van der Waals surface area contributed by atoms with E-state index >= 15 is 0 Å². The molecular weight excluding hydrogens is 150 g/mol. The zero-order valence-electron chi connectivity index (χ0n) is 8.16. The molecule has 0 unspecified atom stereocenters. The van der Waals surface area contributed by atoms with Crippen LogP contribution in [0.2, 0.25) is 0 Å². The fourth-order valence-corrected chi connectivity index (χ4v) is 1.28. The minimum absolute atomic E-state index is 0.977. The quantitative estimate of drug-likeness (QED) is 0.306. The molecule has 4 nitrogen and oxygen atoms in total. The summed E-state index contributed by atoms with van der Waals surface area (Å²) in [4.78, 5) is 4.64. The molecule has 0 atom stereocenters. The third-order valence-corrected chi connectivity index (χ3v) is 2.40. The van der Waals surface area contributed by atoms with Crippen LogP contribution in [0.5, 0.6) is 0 Å². The Bertz CT molecular complexity index is 98.9. The largest absolute Gasteiger partial charge is 0.346 e. The lowest BCUT2D eigenvalue weighted by molar-refractivity contribution is 0.264. The van der Waals surface area contributed by atoms with Gasteiger partial charge in [0.1, 0.15) is 0 Å². The maximum absolute atomic E-state index is 5.78. The normalized spacial score (nSPS) is 26.1. The summed E-state index contributed by atoms with van der Waals surface area (Å²) in [5, 5.41) is 1.90. The molecule has 68 valence electrons. The van der Waals surface area contributed by atoms with E-state index in [1.165, 1.54) is 0 Å². The molecule has 1 saturated heterocycles. The molecule has 0 saturated carbocycles. The van der Waals surface area contributed by atoms with Crippen molar-refractivity contribution in [2.75, 3.05) is 39.3 Å². The highest BCUT2D eigenvalue weighted by atomic mass is 15.4. The fourth-order valence-electron chi connectivity index (χ4n) is 1.28. The summed E-state index contributed by atoms with van der Waals surface area (Å²) < 4.78 is 0. The van der Waals surface area contributed by atoms with Gasteiger partial charge in [0.2, 0.25) is 0 Å². The molecule has 6 heteroatoms. The SMILES string of the molecule is BN1CCN(B)CCN(N)CC1. The molecular formula is C6H18B2N4. The molecule has 1 heterocycles. The first-order chi connectivity index (χ1) is 5.68. The zero-order valence-corrected chi connectivity index (χ0v) is 8.16. The summed E-state index contributed by atoms with van der Waals surface area (Å²) in [6.45, 7) is 6.39. The van der Waals surface area contributed by atoms with E-state index in [1.807, 2.05) is 5.01 Å². The van der Waals surface area contributed by atoms with Crippen LogP contribution in [0, 0.1) is 0 Å². The molecule has 0 spiro atoms. The van der Waals surface area contributed by atoms with E-state index in [0.717, 1.165) is 39.3 Å². The van der Waals surface area contributed by atoms with Crippen molar-refractivity contribution in [3.05, 3.63) is 0 Å². The van der Waals surface area contributed by atoms with E-state index in [9.17, 15) is 0 Å². The Balaban J connectivity index is 2.36. The maximum atomic E-state index is 5.78. The molecule has 1 rings (SSSR count). The van der Waals surface area contributed by atoms with Gasteiger partial charge in [-0.05, 0) is 13.1 Å². The van der Waals surface area contributed by atoms with Crippen LogP contribution < -0.4 is 5.84 Å². The van der Waals surface area contributed by atoms with Gasteiger partial charge in [-0.15, -0.1) is 0 Å². The molecule has 2 N–H and O–H groups in total.